The van der Waals surface area contributed by atoms with Crippen LogP contribution in [0, 0.1) is 11.6 Å². The van der Waals surface area contributed by atoms with E-state index in [4.69, 9.17) is 0 Å². The molecule has 0 bridgehead atoms. The number of rotatable bonds is 8. The molecule has 5 nitrogen and oxygen atoms in total. The molecule has 0 radical (unpaired) electrons. The third-order valence-corrected chi connectivity index (χ3v) is 4.73. The molecule has 1 aromatic carbocycles. The first-order valence-electron chi connectivity index (χ1n) is 6.81. The van der Waals surface area contributed by atoms with Gasteiger partial charge in [-0.3, -0.25) is 4.72 Å². The van der Waals surface area contributed by atoms with Crippen molar-refractivity contribution in [1.82, 2.24) is 9.62 Å². The van der Waals surface area contributed by atoms with E-state index < -0.39 is 21.8 Å². The van der Waals surface area contributed by atoms with Crippen molar-refractivity contribution < 1.29 is 17.2 Å². The van der Waals surface area contributed by atoms with Gasteiger partial charge in [0.15, 0.2) is 11.6 Å². The molecule has 2 rings (SSSR count). The third kappa shape index (κ3) is 4.90. The van der Waals surface area contributed by atoms with Crippen LogP contribution in [-0.2, 0) is 10.2 Å². The summed E-state index contributed by atoms with van der Waals surface area (Å²) in [5.41, 5.74) is -0.00291. The van der Waals surface area contributed by atoms with E-state index in [0.717, 1.165) is 23.0 Å². The molecule has 118 valence electrons. The molecule has 2 N–H and O–H groups in total. The first-order chi connectivity index (χ1) is 9.88. The molecule has 8 heteroatoms. The largest absolute Gasteiger partial charge is 0.314 e. The highest BCUT2D eigenvalue weighted by atomic mass is 32.2. The van der Waals surface area contributed by atoms with Crippen molar-refractivity contribution in [2.45, 2.75) is 25.3 Å². The quantitative estimate of drug-likeness (QED) is 0.717. The molecule has 1 aromatic rings. The summed E-state index contributed by atoms with van der Waals surface area (Å²) in [5.74, 6) is -2.11. The van der Waals surface area contributed by atoms with Crippen LogP contribution in [0.3, 0.4) is 0 Å². The normalized spacial score (nSPS) is 15.4. The molecule has 0 spiro atoms. The second-order valence-corrected chi connectivity index (χ2v) is 6.92. The van der Waals surface area contributed by atoms with Gasteiger partial charge in [-0.05, 0) is 37.9 Å². The number of benzene rings is 1. The van der Waals surface area contributed by atoms with Gasteiger partial charge >= 0.3 is 10.2 Å². The van der Waals surface area contributed by atoms with Crippen LogP contribution in [0.4, 0.5) is 14.5 Å². The molecule has 1 aliphatic rings. The Balaban J connectivity index is 1.85. The smallest absolute Gasteiger partial charge is 0.301 e. The highest BCUT2D eigenvalue weighted by molar-refractivity contribution is 7.90. The van der Waals surface area contributed by atoms with Crippen molar-refractivity contribution in [3.63, 3.8) is 0 Å². The fourth-order valence-electron chi connectivity index (χ4n) is 1.80. The second-order valence-electron chi connectivity index (χ2n) is 5.14. The van der Waals surface area contributed by atoms with E-state index in [1.165, 1.54) is 26.0 Å². The van der Waals surface area contributed by atoms with Crippen LogP contribution in [0.2, 0.25) is 0 Å². The van der Waals surface area contributed by atoms with Crippen LogP contribution in [0.1, 0.15) is 19.3 Å². The first kappa shape index (κ1) is 16.1. The standard InChI is InChI=1S/C13H19F2N3O2S/c1-18(8-2-7-16-10-3-4-10)21(19,20)17-11-5-6-12(14)13(15)9-11/h5-6,9-10,16-17H,2-4,7-8H2,1H3. The molecule has 0 aliphatic heterocycles. The van der Waals surface area contributed by atoms with Gasteiger partial charge in [0, 0.05) is 25.7 Å². The molecule has 0 unspecified atom stereocenters. The lowest BCUT2D eigenvalue weighted by Gasteiger charge is -2.18. The van der Waals surface area contributed by atoms with Crippen LogP contribution in [0.15, 0.2) is 18.2 Å². The number of hydrogen-bond donors (Lipinski definition) is 2. The van der Waals surface area contributed by atoms with Gasteiger partial charge in [-0.15, -0.1) is 0 Å². The Morgan fingerprint density at radius 1 is 1.29 bits per heavy atom. The van der Waals surface area contributed by atoms with Gasteiger partial charge in [0.1, 0.15) is 0 Å². The predicted octanol–water partition coefficient (Wildman–Crippen LogP) is 1.70. The zero-order valence-electron chi connectivity index (χ0n) is 11.8. The molecular weight excluding hydrogens is 300 g/mol. The van der Waals surface area contributed by atoms with Gasteiger partial charge in [0.25, 0.3) is 0 Å². The van der Waals surface area contributed by atoms with Crippen LogP contribution >= 0.6 is 0 Å². The van der Waals surface area contributed by atoms with E-state index in [2.05, 4.69) is 10.0 Å². The molecule has 21 heavy (non-hydrogen) atoms. The SMILES string of the molecule is CN(CCCNC1CC1)S(=O)(=O)Nc1ccc(F)c(F)c1. The zero-order valence-corrected chi connectivity index (χ0v) is 12.6. The summed E-state index contributed by atoms with van der Waals surface area (Å²) in [6, 6.07) is 3.47. The molecule has 1 saturated carbocycles. The van der Waals surface area contributed by atoms with Gasteiger partial charge in [-0.2, -0.15) is 12.7 Å². The summed E-state index contributed by atoms with van der Waals surface area (Å²) in [4.78, 5) is 0. The monoisotopic (exact) mass is 319 g/mol. The predicted molar refractivity (Wildman–Crippen MR) is 77.2 cm³/mol. The van der Waals surface area contributed by atoms with Gasteiger partial charge in [0.05, 0.1) is 5.69 Å². The molecule has 0 heterocycles. The lowest BCUT2D eigenvalue weighted by Crippen LogP contribution is -2.34. The molecule has 0 saturated heterocycles. The summed E-state index contributed by atoms with van der Waals surface area (Å²) >= 11 is 0. The summed E-state index contributed by atoms with van der Waals surface area (Å²) in [5, 5.41) is 3.29. The number of nitrogens with zero attached hydrogens (tertiary/aromatic N) is 1. The molecule has 1 fully saturated rings. The summed E-state index contributed by atoms with van der Waals surface area (Å²) in [7, 11) is -2.32. The first-order valence-corrected chi connectivity index (χ1v) is 8.25. The van der Waals surface area contributed by atoms with E-state index in [9.17, 15) is 17.2 Å². The number of anilines is 1. The van der Waals surface area contributed by atoms with Crippen LogP contribution in [-0.4, -0.2) is 38.9 Å². The minimum atomic E-state index is -3.76. The third-order valence-electron chi connectivity index (χ3n) is 3.24. The van der Waals surface area contributed by atoms with E-state index in [1.807, 2.05) is 0 Å². The molecule has 0 atom stereocenters. The number of nitrogens with one attached hydrogen (secondary N) is 2. The van der Waals surface area contributed by atoms with Crippen LogP contribution < -0.4 is 10.0 Å². The van der Waals surface area contributed by atoms with E-state index in [0.29, 0.717) is 19.0 Å². The van der Waals surface area contributed by atoms with Gasteiger partial charge < -0.3 is 5.32 Å². The minimum absolute atomic E-state index is 0.00291. The summed E-state index contributed by atoms with van der Waals surface area (Å²) < 4.78 is 53.3. The molecule has 0 amide bonds. The fraction of sp³-hybridized carbons (Fsp3) is 0.538. The lowest BCUT2D eigenvalue weighted by molar-refractivity contribution is 0.457. The summed E-state index contributed by atoms with van der Waals surface area (Å²) in [6.07, 6.45) is 3.06. The Bertz CT molecular complexity index is 591. The Kier molecular flexibility index (Phi) is 5.13. The Morgan fingerprint density at radius 3 is 2.62 bits per heavy atom. The van der Waals surface area contributed by atoms with E-state index >= 15 is 0 Å². The Morgan fingerprint density at radius 2 is 2.00 bits per heavy atom. The zero-order chi connectivity index (χ0) is 15.5. The number of hydrogen-bond acceptors (Lipinski definition) is 3. The van der Waals surface area contributed by atoms with Crippen molar-refractivity contribution in [3.05, 3.63) is 29.8 Å². The maximum atomic E-state index is 13.1. The van der Waals surface area contributed by atoms with Crippen molar-refractivity contribution in [2.24, 2.45) is 0 Å². The Labute approximate surface area is 123 Å². The summed E-state index contributed by atoms with van der Waals surface area (Å²) in [6.45, 7) is 1.11. The molecule has 0 aromatic heterocycles. The van der Waals surface area contributed by atoms with Crippen molar-refractivity contribution in [2.75, 3.05) is 24.9 Å². The fourth-order valence-corrected chi connectivity index (χ4v) is 2.75. The van der Waals surface area contributed by atoms with E-state index in [-0.39, 0.29) is 5.69 Å². The average molecular weight is 319 g/mol. The maximum Gasteiger partial charge on any atom is 0.301 e. The van der Waals surface area contributed by atoms with Crippen molar-refractivity contribution in [1.29, 1.82) is 0 Å². The molecular formula is C13H19F2N3O2S. The van der Waals surface area contributed by atoms with E-state index in [1.54, 1.807) is 0 Å². The lowest BCUT2D eigenvalue weighted by atomic mass is 10.3. The van der Waals surface area contributed by atoms with Gasteiger partial charge in [0.2, 0.25) is 0 Å². The maximum absolute atomic E-state index is 13.1. The van der Waals surface area contributed by atoms with Crippen molar-refractivity contribution in [3.8, 4) is 0 Å². The highest BCUT2D eigenvalue weighted by Gasteiger charge is 2.21. The van der Waals surface area contributed by atoms with Crippen molar-refractivity contribution >= 4 is 15.9 Å². The second kappa shape index (κ2) is 6.67. The van der Waals surface area contributed by atoms with Crippen LogP contribution in [0.25, 0.3) is 0 Å². The van der Waals surface area contributed by atoms with Crippen LogP contribution in [0.5, 0.6) is 0 Å². The minimum Gasteiger partial charge on any atom is -0.314 e. The number of halogens is 2. The highest BCUT2D eigenvalue weighted by Crippen LogP contribution is 2.18. The Hall–Kier alpha value is -1.25. The average Bonchev–Trinajstić information content (AvgIpc) is 3.22. The van der Waals surface area contributed by atoms with Gasteiger partial charge in [-0.1, -0.05) is 0 Å². The van der Waals surface area contributed by atoms with Gasteiger partial charge in [-0.25, -0.2) is 8.78 Å². The molecule has 1 aliphatic carbocycles. The topological polar surface area (TPSA) is 61.4 Å².